The summed E-state index contributed by atoms with van der Waals surface area (Å²) < 4.78 is 0. The van der Waals surface area contributed by atoms with Gasteiger partial charge in [-0.3, -0.25) is 9.78 Å². The first-order valence-corrected chi connectivity index (χ1v) is 10.7. The van der Waals surface area contributed by atoms with E-state index in [0.717, 1.165) is 37.3 Å². The number of anilines is 2. The zero-order valence-corrected chi connectivity index (χ0v) is 18.2. The second kappa shape index (κ2) is 8.39. The molecule has 1 aliphatic rings. The van der Waals surface area contributed by atoms with Gasteiger partial charge in [0.25, 0.3) is 5.91 Å². The van der Waals surface area contributed by atoms with E-state index in [1.54, 1.807) is 24.7 Å². The molecule has 1 aliphatic heterocycles. The lowest BCUT2D eigenvalue weighted by Crippen LogP contribution is -2.44. The molecule has 162 valence electrons. The van der Waals surface area contributed by atoms with Gasteiger partial charge in [-0.1, -0.05) is 0 Å². The van der Waals surface area contributed by atoms with Gasteiger partial charge in [0.1, 0.15) is 5.82 Å². The lowest BCUT2D eigenvalue weighted by atomic mass is 10.1. The molecule has 0 spiro atoms. The minimum atomic E-state index is -0.228. The molecule has 0 unspecified atom stereocenters. The van der Waals surface area contributed by atoms with Crippen LogP contribution in [0.3, 0.4) is 0 Å². The predicted octanol–water partition coefficient (Wildman–Crippen LogP) is 3.33. The van der Waals surface area contributed by atoms with Crippen molar-refractivity contribution < 1.29 is 4.79 Å². The number of benzene rings is 1. The van der Waals surface area contributed by atoms with Crippen LogP contribution >= 0.6 is 0 Å². The van der Waals surface area contributed by atoms with Gasteiger partial charge < -0.3 is 20.1 Å². The molecule has 1 fully saturated rings. The molecule has 8 heteroatoms. The number of aromatic nitrogens is 4. The van der Waals surface area contributed by atoms with Crippen LogP contribution in [0, 0.1) is 6.92 Å². The Balaban J connectivity index is 1.40. The third-order valence-corrected chi connectivity index (χ3v) is 5.93. The van der Waals surface area contributed by atoms with Crippen LogP contribution in [0.2, 0.25) is 0 Å². The smallest absolute Gasteiger partial charge is 0.258 e. The van der Waals surface area contributed by atoms with E-state index in [2.05, 4.69) is 66.4 Å². The summed E-state index contributed by atoms with van der Waals surface area (Å²) in [6.45, 7) is 6.12. The quantitative estimate of drug-likeness (QED) is 0.519. The van der Waals surface area contributed by atoms with Crippen molar-refractivity contribution in [1.29, 1.82) is 0 Å². The molecule has 1 amide bonds. The Morgan fingerprint density at radius 3 is 2.56 bits per heavy atom. The van der Waals surface area contributed by atoms with Crippen molar-refractivity contribution in [1.82, 2.24) is 24.8 Å². The van der Waals surface area contributed by atoms with E-state index >= 15 is 0 Å². The van der Waals surface area contributed by atoms with Crippen LogP contribution < -0.4 is 10.2 Å². The van der Waals surface area contributed by atoms with E-state index < -0.39 is 0 Å². The number of amides is 1. The Bertz CT molecular complexity index is 1260. The number of aromatic amines is 1. The highest BCUT2D eigenvalue weighted by Crippen LogP contribution is 2.25. The first-order valence-electron chi connectivity index (χ1n) is 10.7. The van der Waals surface area contributed by atoms with Gasteiger partial charge in [0.2, 0.25) is 0 Å². The molecular weight excluding hydrogens is 402 g/mol. The fourth-order valence-electron chi connectivity index (χ4n) is 3.92. The van der Waals surface area contributed by atoms with Gasteiger partial charge in [-0.2, -0.15) is 0 Å². The molecule has 1 aromatic carbocycles. The first-order chi connectivity index (χ1) is 15.6. The Hall–Kier alpha value is -3.78. The molecule has 2 N–H and O–H groups in total. The van der Waals surface area contributed by atoms with Crippen molar-refractivity contribution in [2.45, 2.75) is 6.92 Å². The van der Waals surface area contributed by atoms with Gasteiger partial charge in [0.05, 0.1) is 23.0 Å². The molecule has 1 saturated heterocycles. The lowest BCUT2D eigenvalue weighted by Gasteiger charge is -2.34. The number of fused-ring (bicyclic) bond motifs is 1. The maximum absolute atomic E-state index is 12.9. The molecule has 4 aromatic rings. The molecule has 3 aromatic heterocycles. The summed E-state index contributed by atoms with van der Waals surface area (Å²) in [6, 6.07) is 11.9. The molecule has 4 heterocycles. The number of likely N-dealkylation sites (N-methyl/N-ethyl adjacent to an activating group) is 1. The number of piperazine rings is 1. The number of pyridine rings is 2. The van der Waals surface area contributed by atoms with Gasteiger partial charge in [0.15, 0.2) is 5.65 Å². The maximum atomic E-state index is 12.9. The van der Waals surface area contributed by atoms with Crippen LogP contribution in [0.4, 0.5) is 11.4 Å². The highest BCUT2D eigenvalue weighted by Gasteiger charge is 2.17. The van der Waals surface area contributed by atoms with Gasteiger partial charge in [-0.25, -0.2) is 9.97 Å². The van der Waals surface area contributed by atoms with E-state index in [9.17, 15) is 4.79 Å². The van der Waals surface area contributed by atoms with Crippen LogP contribution in [0.15, 0.2) is 55.0 Å². The Labute approximate surface area is 186 Å². The number of carbonyl (C=O) groups excluding carboxylic acids is 1. The van der Waals surface area contributed by atoms with Crippen molar-refractivity contribution in [3.63, 3.8) is 0 Å². The van der Waals surface area contributed by atoms with Crippen molar-refractivity contribution in [2.75, 3.05) is 43.4 Å². The first kappa shape index (κ1) is 20.1. The largest absolute Gasteiger partial charge is 0.369 e. The second-order valence-corrected chi connectivity index (χ2v) is 8.12. The van der Waals surface area contributed by atoms with Crippen LogP contribution in [-0.4, -0.2) is 64.0 Å². The van der Waals surface area contributed by atoms with Gasteiger partial charge in [-0.05, 0) is 55.9 Å². The summed E-state index contributed by atoms with van der Waals surface area (Å²) in [6.07, 6.45) is 4.95. The third kappa shape index (κ3) is 3.92. The van der Waals surface area contributed by atoms with Crippen LogP contribution in [0.25, 0.3) is 22.6 Å². The molecule has 0 atom stereocenters. The van der Waals surface area contributed by atoms with Gasteiger partial charge in [-0.15, -0.1) is 0 Å². The standard InChI is InChI=1S/C24H25N7O/c1-16-7-9-25-15-20(16)27-24(32)19-8-10-26-23-21(19)28-22(29-23)17-3-5-18(6-4-17)31-13-11-30(2)12-14-31/h3-10,15H,11-14H2,1-2H3,(H,27,32)(H,26,28,29). The summed E-state index contributed by atoms with van der Waals surface area (Å²) in [7, 11) is 2.16. The molecule has 8 nitrogen and oxygen atoms in total. The molecule has 0 radical (unpaired) electrons. The van der Waals surface area contributed by atoms with E-state index in [4.69, 9.17) is 0 Å². The molecule has 0 aliphatic carbocycles. The van der Waals surface area contributed by atoms with Crippen LogP contribution in [-0.2, 0) is 0 Å². The fraction of sp³-hybridized carbons (Fsp3) is 0.250. The number of hydrogen-bond acceptors (Lipinski definition) is 6. The SMILES string of the molecule is Cc1ccncc1NC(=O)c1ccnc2nc(-c3ccc(N4CCN(C)CC4)cc3)[nH]c12. The minimum Gasteiger partial charge on any atom is -0.369 e. The van der Waals surface area contributed by atoms with Gasteiger partial charge in [0, 0.05) is 49.8 Å². The lowest BCUT2D eigenvalue weighted by molar-refractivity contribution is 0.102. The molecular formula is C24H25N7O. The zero-order valence-electron chi connectivity index (χ0n) is 18.2. The van der Waals surface area contributed by atoms with E-state index in [-0.39, 0.29) is 5.91 Å². The summed E-state index contributed by atoms with van der Waals surface area (Å²) in [5, 5.41) is 2.93. The summed E-state index contributed by atoms with van der Waals surface area (Å²) in [5.74, 6) is 0.462. The van der Waals surface area contributed by atoms with Crippen molar-refractivity contribution >= 4 is 28.4 Å². The van der Waals surface area contributed by atoms with Crippen LogP contribution in [0.5, 0.6) is 0 Å². The maximum Gasteiger partial charge on any atom is 0.258 e. The predicted molar refractivity (Wildman–Crippen MR) is 126 cm³/mol. The number of imidazole rings is 1. The topological polar surface area (TPSA) is 90.0 Å². The number of aryl methyl sites for hydroxylation is 1. The average molecular weight is 428 g/mol. The van der Waals surface area contributed by atoms with Crippen molar-refractivity contribution in [3.05, 3.63) is 66.1 Å². The van der Waals surface area contributed by atoms with E-state index in [1.165, 1.54) is 5.69 Å². The molecule has 32 heavy (non-hydrogen) atoms. The monoisotopic (exact) mass is 427 g/mol. The van der Waals surface area contributed by atoms with E-state index in [1.807, 2.05) is 13.0 Å². The highest BCUT2D eigenvalue weighted by atomic mass is 16.1. The Kier molecular flexibility index (Phi) is 5.28. The zero-order chi connectivity index (χ0) is 22.1. The van der Waals surface area contributed by atoms with E-state index in [0.29, 0.717) is 28.2 Å². The van der Waals surface area contributed by atoms with Gasteiger partial charge >= 0.3 is 0 Å². The number of rotatable bonds is 4. The third-order valence-electron chi connectivity index (χ3n) is 5.93. The average Bonchev–Trinajstić information content (AvgIpc) is 3.26. The van der Waals surface area contributed by atoms with Crippen molar-refractivity contribution in [2.24, 2.45) is 0 Å². The number of carbonyl (C=O) groups is 1. The minimum absolute atomic E-state index is 0.228. The molecule has 0 bridgehead atoms. The number of H-pyrrole nitrogens is 1. The normalized spacial score (nSPS) is 14.6. The number of nitrogens with zero attached hydrogens (tertiary/aromatic N) is 5. The fourth-order valence-corrected chi connectivity index (χ4v) is 3.92. The molecule has 5 rings (SSSR count). The number of hydrogen-bond donors (Lipinski definition) is 2. The summed E-state index contributed by atoms with van der Waals surface area (Å²) >= 11 is 0. The Morgan fingerprint density at radius 2 is 1.81 bits per heavy atom. The number of nitrogens with one attached hydrogen (secondary N) is 2. The van der Waals surface area contributed by atoms with Crippen molar-refractivity contribution in [3.8, 4) is 11.4 Å². The second-order valence-electron chi connectivity index (χ2n) is 8.12. The Morgan fingerprint density at radius 1 is 1.03 bits per heavy atom. The summed E-state index contributed by atoms with van der Waals surface area (Å²) in [4.78, 5) is 34.0. The van der Waals surface area contributed by atoms with Crippen LogP contribution in [0.1, 0.15) is 15.9 Å². The molecule has 0 saturated carbocycles. The summed E-state index contributed by atoms with van der Waals surface area (Å²) in [5.41, 5.74) is 5.42. The highest BCUT2D eigenvalue weighted by molar-refractivity contribution is 6.11.